The summed E-state index contributed by atoms with van der Waals surface area (Å²) < 4.78 is 0. The Labute approximate surface area is 226 Å². The first-order valence-corrected chi connectivity index (χ1v) is 15.5. The lowest BCUT2D eigenvalue weighted by atomic mass is 9.32. The molecule has 0 aromatic heterocycles. The van der Waals surface area contributed by atoms with E-state index in [1.807, 2.05) is 6.92 Å². The SMILES string of the molecule is CCNC(=O)NC1CCC(C)(C)[C@@H]2CC[C@]3(C)[C@H](CC[C@@H]4C5=C(C(C)C)C(=O)C[C@]5(C)CC[C@]43C)[C@@]12C. The Morgan fingerprint density at radius 2 is 1.59 bits per heavy atom. The van der Waals surface area contributed by atoms with Crippen molar-refractivity contribution in [1.29, 1.82) is 0 Å². The topological polar surface area (TPSA) is 58.2 Å². The van der Waals surface area contributed by atoms with Crippen LogP contribution in [0.25, 0.3) is 0 Å². The molecule has 0 spiro atoms. The third-order valence-electron chi connectivity index (χ3n) is 13.4. The van der Waals surface area contributed by atoms with Crippen molar-refractivity contribution in [3.63, 3.8) is 0 Å². The molecule has 2 N–H and O–H groups in total. The van der Waals surface area contributed by atoms with E-state index in [2.05, 4.69) is 66.0 Å². The summed E-state index contributed by atoms with van der Waals surface area (Å²) in [6.07, 6.45) is 10.3. The molecule has 8 atom stereocenters. The molecule has 0 heterocycles. The smallest absolute Gasteiger partial charge is 0.315 e. The lowest BCUT2D eigenvalue weighted by Gasteiger charge is -2.72. The second-order valence-corrected chi connectivity index (χ2v) is 15.7. The van der Waals surface area contributed by atoms with E-state index in [0.29, 0.717) is 41.4 Å². The molecule has 0 radical (unpaired) electrons. The van der Waals surface area contributed by atoms with Crippen LogP contribution in [0.5, 0.6) is 0 Å². The standard InChI is InChI=1S/C33H54N2O2/c1-10-34-28(37)35-25-14-15-29(4,5)23-13-16-32(8)24(33(23,25)9)12-11-21-27-26(20(2)3)22(36)19-30(27,6)17-18-31(21,32)7/h20-21,23-25H,10-19H2,1-9H3,(H2,34,35,37)/t21-,23+,24+,25?,30+,31-,32-,33+/m1/s1. The summed E-state index contributed by atoms with van der Waals surface area (Å²) in [7, 11) is 0. The molecule has 0 saturated heterocycles. The summed E-state index contributed by atoms with van der Waals surface area (Å²) in [5.41, 5.74) is 3.60. The second-order valence-electron chi connectivity index (χ2n) is 15.7. The number of carbonyl (C=O) groups is 2. The minimum absolute atomic E-state index is 0.00369. The molecule has 2 amide bonds. The molecule has 208 valence electrons. The number of urea groups is 1. The highest BCUT2D eigenvalue weighted by Crippen LogP contribution is 2.76. The van der Waals surface area contributed by atoms with Gasteiger partial charge in [0, 0.05) is 19.0 Å². The normalized spacial score (nSPS) is 46.6. The maximum Gasteiger partial charge on any atom is 0.315 e. The molecule has 0 aliphatic heterocycles. The van der Waals surface area contributed by atoms with Gasteiger partial charge in [-0.2, -0.15) is 0 Å². The van der Waals surface area contributed by atoms with Crippen LogP contribution in [-0.4, -0.2) is 24.4 Å². The van der Waals surface area contributed by atoms with Crippen LogP contribution in [0.15, 0.2) is 11.1 Å². The van der Waals surface area contributed by atoms with Crippen molar-refractivity contribution in [3.8, 4) is 0 Å². The average Bonchev–Trinajstić information content (AvgIpc) is 3.07. The number of fused-ring (bicyclic) bond motifs is 7. The third-order valence-corrected chi connectivity index (χ3v) is 13.4. The second kappa shape index (κ2) is 8.59. The van der Waals surface area contributed by atoms with E-state index in [4.69, 9.17) is 0 Å². The lowest BCUT2D eigenvalue weighted by Crippen LogP contribution is -2.69. The summed E-state index contributed by atoms with van der Waals surface area (Å²) in [4.78, 5) is 26.2. The number of amides is 2. The van der Waals surface area contributed by atoms with Crippen molar-refractivity contribution in [2.75, 3.05) is 6.54 Å². The number of rotatable bonds is 3. The number of ketones is 1. The molecule has 0 aromatic rings. The summed E-state index contributed by atoms with van der Waals surface area (Å²) >= 11 is 0. The zero-order valence-corrected chi connectivity index (χ0v) is 25.3. The fourth-order valence-corrected chi connectivity index (χ4v) is 11.5. The van der Waals surface area contributed by atoms with E-state index in [1.54, 1.807) is 5.57 Å². The van der Waals surface area contributed by atoms with Gasteiger partial charge < -0.3 is 10.6 Å². The van der Waals surface area contributed by atoms with E-state index < -0.39 is 0 Å². The van der Waals surface area contributed by atoms with E-state index in [1.165, 1.54) is 44.1 Å². The van der Waals surface area contributed by atoms with Crippen molar-refractivity contribution in [1.82, 2.24) is 10.6 Å². The Balaban J connectivity index is 1.59. The fourth-order valence-electron chi connectivity index (χ4n) is 11.5. The Morgan fingerprint density at radius 1 is 0.892 bits per heavy atom. The van der Waals surface area contributed by atoms with E-state index in [-0.39, 0.29) is 33.7 Å². The maximum atomic E-state index is 13.3. The summed E-state index contributed by atoms with van der Waals surface area (Å²) in [6.45, 7) is 22.3. The van der Waals surface area contributed by atoms with Gasteiger partial charge in [0.25, 0.3) is 0 Å². The van der Waals surface area contributed by atoms with E-state index in [0.717, 1.165) is 19.3 Å². The molecule has 1 unspecified atom stereocenters. The summed E-state index contributed by atoms with van der Waals surface area (Å²) in [5, 5.41) is 6.52. The fraction of sp³-hybridized carbons (Fsp3) is 0.879. The Morgan fingerprint density at radius 3 is 2.24 bits per heavy atom. The molecule has 5 aliphatic rings. The Hall–Kier alpha value is -1.32. The van der Waals surface area contributed by atoms with E-state index in [9.17, 15) is 9.59 Å². The van der Waals surface area contributed by atoms with Crippen molar-refractivity contribution in [3.05, 3.63) is 11.1 Å². The molecule has 4 saturated carbocycles. The molecule has 0 aromatic carbocycles. The van der Waals surface area contributed by atoms with Crippen LogP contribution in [-0.2, 0) is 4.79 Å². The zero-order valence-electron chi connectivity index (χ0n) is 25.3. The quantitative estimate of drug-likeness (QED) is 0.409. The van der Waals surface area contributed by atoms with Gasteiger partial charge in [0.1, 0.15) is 0 Å². The van der Waals surface area contributed by atoms with E-state index >= 15 is 0 Å². The minimum atomic E-state index is 0.00369. The van der Waals surface area contributed by atoms with Crippen molar-refractivity contribution in [2.24, 2.45) is 50.7 Å². The van der Waals surface area contributed by atoms with Gasteiger partial charge in [-0.1, -0.05) is 61.0 Å². The van der Waals surface area contributed by atoms with Crippen LogP contribution in [0.2, 0.25) is 0 Å². The van der Waals surface area contributed by atoms with Gasteiger partial charge in [0.15, 0.2) is 5.78 Å². The molecule has 5 rings (SSSR count). The van der Waals surface area contributed by atoms with Crippen LogP contribution in [0.1, 0.15) is 120 Å². The van der Waals surface area contributed by atoms with Gasteiger partial charge in [-0.15, -0.1) is 0 Å². The number of hydrogen-bond donors (Lipinski definition) is 2. The van der Waals surface area contributed by atoms with Gasteiger partial charge in [0.05, 0.1) is 0 Å². The van der Waals surface area contributed by atoms with Crippen LogP contribution < -0.4 is 10.6 Å². The third kappa shape index (κ3) is 3.58. The van der Waals surface area contributed by atoms with Gasteiger partial charge in [-0.25, -0.2) is 4.79 Å². The van der Waals surface area contributed by atoms with Crippen LogP contribution in [0.4, 0.5) is 4.79 Å². The number of hydrogen-bond acceptors (Lipinski definition) is 2. The van der Waals surface area contributed by atoms with Gasteiger partial charge in [0.2, 0.25) is 0 Å². The van der Waals surface area contributed by atoms with Crippen LogP contribution >= 0.6 is 0 Å². The predicted octanol–water partition coefficient (Wildman–Crippen LogP) is 7.67. The molecule has 37 heavy (non-hydrogen) atoms. The number of Topliss-reactive ketones (excluding diaryl/α,β-unsaturated/α-hetero) is 1. The van der Waals surface area contributed by atoms with Gasteiger partial charge in [-0.3, -0.25) is 4.79 Å². The van der Waals surface area contributed by atoms with Gasteiger partial charge in [-0.05, 0) is 115 Å². The van der Waals surface area contributed by atoms with Crippen LogP contribution in [0.3, 0.4) is 0 Å². The largest absolute Gasteiger partial charge is 0.338 e. The number of carbonyl (C=O) groups excluding carboxylic acids is 2. The Kier molecular flexibility index (Phi) is 6.33. The highest BCUT2D eigenvalue weighted by molar-refractivity contribution is 6.00. The molecule has 4 heteroatoms. The maximum absolute atomic E-state index is 13.3. The molecule has 4 nitrogen and oxygen atoms in total. The first-order chi connectivity index (χ1) is 17.2. The summed E-state index contributed by atoms with van der Waals surface area (Å²) in [5.74, 6) is 2.46. The lowest BCUT2D eigenvalue weighted by molar-refractivity contribution is -0.219. The molecular weight excluding hydrogens is 456 g/mol. The molecular formula is C33H54N2O2. The molecule has 4 fully saturated rings. The highest BCUT2D eigenvalue weighted by Gasteiger charge is 2.70. The zero-order chi connectivity index (χ0) is 27.2. The molecule has 0 bridgehead atoms. The summed E-state index contributed by atoms with van der Waals surface area (Å²) in [6, 6.07) is 0.221. The van der Waals surface area contributed by atoms with Crippen molar-refractivity contribution < 1.29 is 9.59 Å². The number of nitrogens with one attached hydrogen (secondary N) is 2. The minimum Gasteiger partial charge on any atom is -0.338 e. The average molecular weight is 511 g/mol. The number of allylic oxidation sites excluding steroid dienone is 2. The van der Waals surface area contributed by atoms with Crippen LogP contribution in [0, 0.1) is 50.7 Å². The Bertz CT molecular complexity index is 1010. The first-order valence-electron chi connectivity index (χ1n) is 15.5. The predicted molar refractivity (Wildman–Crippen MR) is 151 cm³/mol. The molecule has 5 aliphatic carbocycles. The highest BCUT2D eigenvalue weighted by atomic mass is 16.2. The monoisotopic (exact) mass is 510 g/mol. The van der Waals surface area contributed by atoms with Gasteiger partial charge >= 0.3 is 6.03 Å². The van der Waals surface area contributed by atoms with Crippen molar-refractivity contribution >= 4 is 11.8 Å². The van der Waals surface area contributed by atoms with Crippen molar-refractivity contribution in [2.45, 2.75) is 126 Å². The first kappa shape index (κ1) is 27.3.